The topological polar surface area (TPSA) is 115 Å². The van der Waals surface area contributed by atoms with E-state index in [0.29, 0.717) is 0 Å². The summed E-state index contributed by atoms with van der Waals surface area (Å²) in [5, 5.41) is 24.1. The highest BCUT2D eigenvalue weighted by Gasteiger charge is 2.14. The first-order valence-electron chi connectivity index (χ1n) is 6.55. The Bertz CT molecular complexity index is 851. The van der Waals surface area contributed by atoms with Crippen LogP contribution in [0.4, 0.5) is 17.1 Å². The maximum atomic E-state index is 11.9. The average molecular weight is 348 g/mol. The normalized spacial score (nSPS) is 10.5. The highest BCUT2D eigenvalue weighted by atomic mass is 35.5. The molecule has 0 fully saturated rings. The summed E-state index contributed by atoms with van der Waals surface area (Å²) in [5.41, 5.74) is -0.0242. The molecule has 122 valence electrons. The van der Waals surface area contributed by atoms with E-state index >= 15 is 0 Å². The van der Waals surface area contributed by atoms with Crippen LogP contribution < -0.4 is 5.32 Å². The molecular formula is C15H10ClN3O5. The number of nitrogens with zero attached hydrogens (tertiary/aromatic N) is 2. The van der Waals surface area contributed by atoms with Crippen molar-refractivity contribution in [2.75, 3.05) is 5.32 Å². The third-order valence-corrected chi connectivity index (χ3v) is 3.28. The predicted molar refractivity (Wildman–Crippen MR) is 88.9 cm³/mol. The quantitative estimate of drug-likeness (QED) is 0.501. The van der Waals surface area contributed by atoms with Crippen molar-refractivity contribution < 1.29 is 14.6 Å². The molecule has 24 heavy (non-hydrogen) atoms. The van der Waals surface area contributed by atoms with Crippen LogP contribution in [0, 0.1) is 20.2 Å². The van der Waals surface area contributed by atoms with Gasteiger partial charge in [0.25, 0.3) is 11.4 Å². The fraction of sp³-hybridized carbons (Fsp3) is 0. The Morgan fingerprint density at radius 3 is 2.38 bits per heavy atom. The van der Waals surface area contributed by atoms with Gasteiger partial charge in [0.05, 0.1) is 15.4 Å². The van der Waals surface area contributed by atoms with Gasteiger partial charge < -0.3 is 5.32 Å². The number of nitro groups is 2. The van der Waals surface area contributed by atoms with Gasteiger partial charge in [-0.3, -0.25) is 25.0 Å². The van der Waals surface area contributed by atoms with Crippen molar-refractivity contribution >= 4 is 40.6 Å². The predicted octanol–water partition coefficient (Wildman–Crippen LogP) is 3.81. The Morgan fingerprint density at radius 2 is 1.71 bits per heavy atom. The van der Waals surface area contributed by atoms with E-state index in [1.54, 1.807) is 6.07 Å². The fourth-order valence-corrected chi connectivity index (χ4v) is 2.06. The number of benzene rings is 2. The van der Waals surface area contributed by atoms with Crippen molar-refractivity contribution in [3.8, 4) is 0 Å². The lowest BCUT2D eigenvalue weighted by Gasteiger charge is -2.03. The van der Waals surface area contributed by atoms with Crippen LogP contribution >= 0.6 is 11.6 Å². The number of carbonyl (C=O) groups is 1. The molecule has 9 heteroatoms. The van der Waals surface area contributed by atoms with E-state index in [2.05, 4.69) is 5.32 Å². The second-order valence-corrected chi connectivity index (χ2v) is 4.97. The first-order valence-corrected chi connectivity index (χ1v) is 6.92. The molecule has 0 saturated heterocycles. The van der Waals surface area contributed by atoms with Gasteiger partial charge in [-0.25, -0.2) is 0 Å². The molecule has 2 rings (SSSR count). The van der Waals surface area contributed by atoms with E-state index in [1.807, 2.05) is 0 Å². The van der Waals surface area contributed by atoms with E-state index in [9.17, 15) is 25.0 Å². The molecule has 0 aliphatic heterocycles. The summed E-state index contributed by atoms with van der Waals surface area (Å²) in [6, 6.07) is 9.76. The van der Waals surface area contributed by atoms with E-state index in [1.165, 1.54) is 36.4 Å². The number of rotatable bonds is 5. The van der Waals surface area contributed by atoms with Crippen molar-refractivity contribution in [3.05, 3.63) is 79.4 Å². The van der Waals surface area contributed by atoms with Crippen LogP contribution in [0.2, 0.25) is 5.02 Å². The second kappa shape index (κ2) is 7.34. The third-order valence-electron chi connectivity index (χ3n) is 2.96. The van der Waals surface area contributed by atoms with Crippen molar-refractivity contribution in [2.24, 2.45) is 0 Å². The minimum Gasteiger partial charge on any atom is -0.322 e. The Kier molecular flexibility index (Phi) is 5.23. The highest BCUT2D eigenvalue weighted by Crippen LogP contribution is 2.27. The molecule has 0 bridgehead atoms. The zero-order chi connectivity index (χ0) is 17.7. The van der Waals surface area contributed by atoms with Gasteiger partial charge in [-0.15, -0.1) is 0 Å². The summed E-state index contributed by atoms with van der Waals surface area (Å²) in [4.78, 5) is 32.3. The Balaban J connectivity index is 2.16. The van der Waals surface area contributed by atoms with Crippen molar-refractivity contribution in [1.82, 2.24) is 0 Å². The van der Waals surface area contributed by atoms with Crippen LogP contribution in [0.15, 0.2) is 48.5 Å². The summed E-state index contributed by atoms with van der Waals surface area (Å²) >= 11 is 5.68. The molecule has 1 amide bonds. The van der Waals surface area contributed by atoms with Crippen LogP contribution in [0.25, 0.3) is 6.08 Å². The minimum atomic E-state index is -0.666. The van der Waals surface area contributed by atoms with E-state index in [-0.39, 0.29) is 27.6 Å². The number of nitro benzene ring substituents is 2. The van der Waals surface area contributed by atoms with Crippen LogP contribution in [0.1, 0.15) is 5.56 Å². The smallest absolute Gasteiger partial charge is 0.289 e. The zero-order valence-electron chi connectivity index (χ0n) is 12.0. The van der Waals surface area contributed by atoms with Crippen molar-refractivity contribution in [3.63, 3.8) is 0 Å². The largest absolute Gasteiger partial charge is 0.322 e. The number of amides is 1. The zero-order valence-corrected chi connectivity index (χ0v) is 12.8. The number of hydrogen-bond acceptors (Lipinski definition) is 5. The maximum Gasteiger partial charge on any atom is 0.289 e. The minimum absolute atomic E-state index is 0.0477. The van der Waals surface area contributed by atoms with Gasteiger partial charge in [0.1, 0.15) is 5.02 Å². The van der Waals surface area contributed by atoms with Gasteiger partial charge in [0, 0.05) is 23.9 Å². The molecule has 0 spiro atoms. The van der Waals surface area contributed by atoms with Crippen molar-refractivity contribution in [2.45, 2.75) is 0 Å². The molecule has 0 saturated carbocycles. The van der Waals surface area contributed by atoms with Gasteiger partial charge in [0.15, 0.2) is 0 Å². The molecule has 0 radical (unpaired) electrons. The standard InChI is InChI=1S/C15H10ClN3O5/c16-12-7-6-11(9-14(12)19(23)24)17-15(20)8-5-10-3-1-2-4-13(10)18(21)22/h1-9H,(H,17,20). The number of anilines is 1. The molecule has 0 heterocycles. The lowest BCUT2D eigenvalue weighted by Crippen LogP contribution is -2.08. The number of hydrogen-bond donors (Lipinski definition) is 1. The van der Waals surface area contributed by atoms with E-state index < -0.39 is 15.8 Å². The van der Waals surface area contributed by atoms with Crippen LogP contribution in [0.5, 0.6) is 0 Å². The molecule has 0 atom stereocenters. The fourth-order valence-electron chi connectivity index (χ4n) is 1.87. The van der Waals surface area contributed by atoms with E-state index in [4.69, 9.17) is 11.6 Å². The molecular weight excluding hydrogens is 338 g/mol. The molecule has 2 aromatic rings. The highest BCUT2D eigenvalue weighted by molar-refractivity contribution is 6.32. The summed E-state index contributed by atoms with van der Waals surface area (Å²) in [5.74, 6) is -0.593. The Hall–Kier alpha value is -3.26. The third kappa shape index (κ3) is 4.14. The second-order valence-electron chi connectivity index (χ2n) is 4.56. The van der Waals surface area contributed by atoms with E-state index in [0.717, 1.165) is 12.1 Å². The molecule has 8 nitrogen and oxygen atoms in total. The summed E-state index contributed by atoms with van der Waals surface area (Å²) in [6.45, 7) is 0. The molecule has 1 N–H and O–H groups in total. The van der Waals surface area contributed by atoms with Crippen LogP contribution in [-0.4, -0.2) is 15.8 Å². The van der Waals surface area contributed by atoms with Crippen LogP contribution in [0.3, 0.4) is 0 Å². The summed E-state index contributed by atoms with van der Waals surface area (Å²) in [7, 11) is 0. The molecule has 0 aliphatic carbocycles. The first-order chi connectivity index (χ1) is 11.4. The van der Waals surface area contributed by atoms with Gasteiger partial charge in [-0.1, -0.05) is 23.7 Å². The van der Waals surface area contributed by atoms with Crippen LogP contribution in [-0.2, 0) is 4.79 Å². The first kappa shape index (κ1) is 17.1. The average Bonchev–Trinajstić information content (AvgIpc) is 2.54. The van der Waals surface area contributed by atoms with Gasteiger partial charge in [0.2, 0.25) is 5.91 Å². The number of para-hydroxylation sites is 1. The maximum absolute atomic E-state index is 11.9. The SMILES string of the molecule is O=C(C=Cc1ccccc1[N+](=O)[O-])Nc1ccc(Cl)c([N+](=O)[O-])c1. The van der Waals surface area contributed by atoms with Crippen molar-refractivity contribution in [1.29, 1.82) is 0 Å². The lowest BCUT2D eigenvalue weighted by atomic mass is 10.1. The molecule has 0 aliphatic rings. The van der Waals surface area contributed by atoms with Gasteiger partial charge >= 0.3 is 0 Å². The molecule has 2 aromatic carbocycles. The molecule has 0 unspecified atom stereocenters. The van der Waals surface area contributed by atoms with Gasteiger partial charge in [-0.2, -0.15) is 0 Å². The summed E-state index contributed by atoms with van der Waals surface area (Å²) < 4.78 is 0. The molecule has 0 aromatic heterocycles. The Labute approximate surface area is 140 Å². The lowest BCUT2D eigenvalue weighted by molar-refractivity contribution is -0.385. The number of carbonyl (C=O) groups excluding carboxylic acids is 1. The number of nitrogens with one attached hydrogen (secondary N) is 1. The number of halogens is 1. The van der Waals surface area contributed by atoms with Gasteiger partial charge in [-0.05, 0) is 24.3 Å². The monoisotopic (exact) mass is 347 g/mol. The summed E-state index contributed by atoms with van der Waals surface area (Å²) in [6.07, 6.45) is 2.39. The Morgan fingerprint density at radius 1 is 1.04 bits per heavy atom.